The molecule has 2 aliphatic rings. The maximum Gasteiger partial charge on any atom is 0.225 e. The Kier molecular flexibility index (Phi) is 25.8. The normalized spacial score (nSPS) is 14.1. The van der Waals surface area contributed by atoms with Gasteiger partial charge in [0.1, 0.15) is 0 Å². The fraction of sp³-hybridized carbons (Fsp3) is 0.464. The van der Waals surface area contributed by atoms with Crippen LogP contribution in [0, 0.1) is 0 Å². The molecule has 4 aromatic heterocycles. The maximum absolute atomic E-state index is 12.3. The molecule has 16 heteroatoms. The van der Waals surface area contributed by atoms with E-state index in [1.807, 2.05) is 48.8 Å². The van der Waals surface area contributed by atoms with Gasteiger partial charge in [-0.3, -0.25) is 29.4 Å². The number of hydrogen-bond donors (Lipinski definition) is 2. The number of hydrogen-bond acceptors (Lipinski definition) is 12. The number of rotatable bonds is 23. The third-order valence-corrected chi connectivity index (χ3v) is 30.8. The van der Waals surface area contributed by atoms with Gasteiger partial charge in [0.25, 0.3) is 0 Å². The zero-order chi connectivity index (χ0) is 50.6. The minimum atomic E-state index is -2.27. The quantitative estimate of drug-likeness (QED) is 0.0597. The maximum atomic E-state index is 12.3. The number of halogens is 1. The van der Waals surface area contributed by atoms with Gasteiger partial charge in [-0.2, -0.15) is 0 Å². The Morgan fingerprint density at radius 1 is 0.611 bits per heavy atom. The van der Waals surface area contributed by atoms with Crippen molar-refractivity contribution >= 4 is 72.5 Å². The Labute approximate surface area is 449 Å². The Hall–Kier alpha value is -3.94. The van der Waals surface area contributed by atoms with Crippen molar-refractivity contribution in [3.8, 4) is 32.1 Å². The zero-order valence-electron chi connectivity index (χ0n) is 42.7. The molecule has 6 aromatic rings. The van der Waals surface area contributed by atoms with Gasteiger partial charge in [0.05, 0.1) is 51.2 Å². The number of nitrogens with one attached hydrogen (secondary N) is 2. The van der Waals surface area contributed by atoms with Crippen molar-refractivity contribution in [1.82, 2.24) is 40.4 Å². The van der Waals surface area contributed by atoms with Gasteiger partial charge in [0.2, 0.25) is 11.8 Å². The van der Waals surface area contributed by atoms with E-state index < -0.39 is 18.4 Å². The summed E-state index contributed by atoms with van der Waals surface area (Å²) in [6.07, 6.45) is 19.9. The van der Waals surface area contributed by atoms with Gasteiger partial charge in [0, 0.05) is 94.3 Å². The van der Waals surface area contributed by atoms with Crippen LogP contribution in [-0.2, 0) is 31.9 Å². The fourth-order valence-corrected chi connectivity index (χ4v) is 26.4. The second kappa shape index (κ2) is 32.4. The van der Waals surface area contributed by atoms with Crippen LogP contribution in [0.25, 0.3) is 32.1 Å². The van der Waals surface area contributed by atoms with Crippen molar-refractivity contribution in [2.45, 2.75) is 85.4 Å². The molecular formula is C56H75BrN8O4S2Sn. The average molecular weight is 1190 g/mol. The second-order valence-electron chi connectivity index (χ2n) is 18.4. The van der Waals surface area contributed by atoms with E-state index in [2.05, 4.69) is 115 Å². The van der Waals surface area contributed by atoms with Gasteiger partial charge < -0.3 is 20.1 Å². The molecule has 0 atom stereocenters. The average Bonchev–Trinajstić information content (AvgIpc) is 4.10. The van der Waals surface area contributed by atoms with E-state index >= 15 is 0 Å². The third-order valence-electron chi connectivity index (χ3n) is 12.9. The molecule has 8 rings (SSSR count). The third kappa shape index (κ3) is 19.7. The summed E-state index contributed by atoms with van der Waals surface area (Å²) >= 11 is 4.56. The number of benzene rings is 2. The zero-order valence-corrected chi connectivity index (χ0v) is 48.7. The second-order valence-corrected chi connectivity index (χ2v) is 34.7. The van der Waals surface area contributed by atoms with Gasteiger partial charge in [-0.15, -0.1) is 22.7 Å². The molecule has 2 aliphatic heterocycles. The Bertz CT molecular complexity index is 2450. The van der Waals surface area contributed by atoms with E-state index in [1.165, 1.54) is 66.0 Å². The number of ether oxygens (including phenoxy) is 2. The van der Waals surface area contributed by atoms with Crippen molar-refractivity contribution in [3.63, 3.8) is 0 Å². The molecule has 0 unspecified atom stereocenters. The summed E-state index contributed by atoms with van der Waals surface area (Å²) in [5.41, 5.74) is 4.18. The molecule has 0 aliphatic carbocycles. The van der Waals surface area contributed by atoms with Crippen molar-refractivity contribution in [2.24, 2.45) is 0 Å². The fourth-order valence-electron chi connectivity index (χ4n) is 8.85. The molecule has 0 saturated carbocycles. The van der Waals surface area contributed by atoms with Crippen LogP contribution in [0.1, 0.15) is 69.1 Å². The van der Waals surface area contributed by atoms with Crippen LogP contribution >= 0.6 is 38.6 Å². The summed E-state index contributed by atoms with van der Waals surface area (Å²) in [6, 6.07) is 24.7. The Morgan fingerprint density at radius 3 is 1.57 bits per heavy atom. The molecule has 2 fully saturated rings. The summed E-state index contributed by atoms with van der Waals surface area (Å²) in [5.74, 6) is 0.158. The largest absolute Gasteiger partial charge is 0.379 e. The minimum absolute atomic E-state index is 0.0694. The number of aromatic nitrogens is 4. The van der Waals surface area contributed by atoms with E-state index in [4.69, 9.17) is 14.5 Å². The number of carbonyl (C=O) groups is 2. The smallest absolute Gasteiger partial charge is 0.225 e. The molecule has 2 saturated heterocycles. The van der Waals surface area contributed by atoms with Crippen molar-refractivity contribution in [1.29, 1.82) is 0 Å². The molecule has 12 nitrogen and oxygen atoms in total. The van der Waals surface area contributed by atoms with Crippen LogP contribution in [0.2, 0.25) is 13.3 Å². The molecule has 0 radical (unpaired) electrons. The first-order valence-corrected chi connectivity index (χ1v) is 35.9. The molecule has 72 heavy (non-hydrogen) atoms. The molecular weight excluding hydrogens is 1110 g/mol. The Balaban J connectivity index is 0.000000181. The van der Waals surface area contributed by atoms with Gasteiger partial charge in [0.15, 0.2) is 0 Å². The van der Waals surface area contributed by atoms with Crippen molar-refractivity contribution < 1.29 is 19.1 Å². The number of amides is 2. The first kappa shape index (κ1) is 57.3. The van der Waals surface area contributed by atoms with Crippen LogP contribution < -0.4 is 14.3 Å². The summed E-state index contributed by atoms with van der Waals surface area (Å²) in [6.45, 7) is 17.0. The van der Waals surface area contributed by atoms with Gasteiger partial charge in [-0.1, -0.05) is 46.3 Å². The SMILES string of the molecule is CCC[CH2][Sn]([CH2]CCC)([CH2]CCC)[c]1cnccn1.O=C(Cc1ccc(-c2cccc(-c3cnccn3)c2)s1)NCCN1CCOCC1.O=C(Cc1ccc(-c2cccc(Br)c2)s1)NCCN1CCOCC1. The summed E-state index contributed by atoms with van der Waals surface area (Å²) in [5, 5.41) is 6.04. The monoisotopic (exact) mass is 1190 g/mol. The Morgan fingerprint density at radius 2 is 1.10 bits per heavy atom. The molecule has 0 spiro atoms. The van der Waals surface area contributed by atoms with Crippen molar-refractivity contribution in [3.05, 3.63) is 124 Å². The van der Waals surface area contributed by atoms with Crippen LogP contribution in [0.15, 0.2) is 114 Å². The molecule has 2 N–H and O–H groups in total. The summed E-state index contributed by atoms with van der Waals surface area (Å²) in [4.78, 5) is 51.1. The number of nitrogens with zero attached hydrogens (tertiary/aromatic N) is 6. The standard InChI is InChI=1S/C22H24N4O2S.C18H21BrN2O2S.C4H3N2.3C4H9.Sn/c27-22(25-8-9-26-10-12-28-13-11-26)15-19-4-5-21(29-19)18-3-1-2-17(14-18)20-16-23-6-7-24-20;19-15-3-1-2-14(12-15)17-5-4-16(24-17)13-18(22)20-6-7-21-8-10-23-11-9-21;1-2-6-4-3-5-1;3*1-3-4-2;/h1-7,14,16H,8-13,15H2,(H,25,27);1-5,12H,6-11,13H2,(H,20,22);1-3H;3*1,3-4H2,2H3;. The van der Waals surface area contributed by atoms with Crippen LogP contribution in [0.5, 0.6) is 0 Å². The molecule has 0 bridgehead atoms. The predicted octanol–water partition coefficient (Wildman–Crippen LogP) is 10.6. The van der Waals surface area contributed by atoms with Crippen LogP contribution in [-0.4, -0.2) is 139 Å². The number of thiophene rings is 2. The van der Waals surface area contributed by atoms with Crippen LogP contribution in [0.4, 0.5) is 0 Å². The number of morpholine rings is 2. The van der Waals surface area contributed by atoms with E-state index in [9.17, 15) is 9.59 Å². The minimum Gasteiger partial charge on any atom is -0.379 e. The van der Waals surface area contributed by atoms with Gasteiger partial charge >= 0.3 is 123 Å². The number of unbranched alkanes of at least 4 members (excludes halogenated alkanes) is 3. The van der Waals surface area contributed by atoms with E-state index in [0.717, 1.165) is 102 Å². The first-order chi connectivity index (χ1) is 35.3. The predicted molar refractivity (Wildman–Crippen MR) is 303 cm³/mol. The topological polar surface area (TPSA) is 135 Å². The summed E-state index contributed by atoms with van der Waals surface area (Å²) < 4.78 is 17.6. The molecule has 2 aromatic carbocycles. The number of carbonyl (C=O) groups excluding carboxylic acids is 2. The molecule has 386 valence electrons. The van der Waals surface area contributed by atoms with Gasteiger partial charge in [-0.05, 0) is 53.6 Å². The molecule has 2 amide bonds. The van der Waals surface area contributed by atoms with Gasteiger partial charge in [-0.25, -0.2) is 0 Å². The van der Waals surface area contributed by atoms with Crippen LogP contribution in [0.3, 0.4) is 0 Å². The van der Waals surface area contributed by atoms with Crippen molar-refractivity contribution in [2.75, 3.05) is 78.8 Å². The van der Waals surface area contributed by atoms with E-state index in [-0.39, 0.29) is 11.8 Å². The van der Waals surface area contributed by atoms with E-state index in [1.54, 1.807) is 41.3 Å². The summed E-state index contributed by atoms with van der Waals surface area (Å²) in [7, 11) is 0. The molecule has 6 heterocycles. The first-order valence-electron chi connectivity index (χ1n) is 26.0. The van der Waals surface area contributed by atoms with E-state index in [0.29, 0.717) is 25.9 Å².